The molecule has 0 aliphatic heterocycles. The van der Waals surface area contributed by atoms with Gasteiger partial charge in [-0.3, -0.25) is 4.79 Å². The summed E-state index contributed by atoms with van der Waals surface area (Å²) < 4.78 is 5.10. The molecule has 0 fully saturated rings. The summed E-state index contributed by atoms with van der Waals surface area (Å²) in [6, 6.07) is 9.17. The summed E-state index contributed by atoms with van der Waals surface area (Å²) in [6.45, 7) is 3.67. The van der Waals surface area contributed by atoms with Crippen LogP contribution >= 0.6 is 0 Å². The number of carbonyl (C=O) groups is 1. The minimum absolute atomic E-state index is 0.0960. The van der Waals surface area contributed by atoms with E-state index in [1.807, 2.05) is 31.2 Å². The SMILES string of the molecule is Cc1ccc(-c2cc(C(=O)N(C)C(C)CO)on2)cc1. The van der Waals surface area contributed by atoms with Gasteiger partial charge < -0.3 is 14.5 Å². The van der Waals surface area contributed by atoms with Gasteiger partial charge in [0.15, 0.2) is 0 Å². The van der Waals surface area contributed by atoms with E-state index in [2.05, 4.69) is 5.16 Å². The van der Waals surface area contributed by atoms with Crippen LogP contribution in [0.3, 0.4) is 0 Å². The van der Waals surface area contributed by atoms with Gasteiger partial charge in [0, 0.05) is 18.7 Å². The van der Waals surface area contributed by atoms with Crippen LogP contribution in [0.2, 0.25) is 0 Å². The maximum Gasteiger partial charge on any atom is 0.292 e. The van der Waals surface area contributed by atoms with Gasteiger partial charge in [-0.15, -0.1) is 0 Å². The molecule has 1 amide bonds. The molecule has 1 aromatic heterocycles. The number of aromatic nitrogens is 1. The van der Waals surface area contributed by atoms with Crippen molar-refractivity contribution >= 4 is 5.91 Å². The Morgan fingerprint density at radius 1 is 1.40 bits per heavy atom. The molecule has 2 aromatic rings. The lowest BCUT2D eigenvalue weighted by atomic mass is 10.1. The number of carbonyl (C=O) groups excluding carboxylic acids is 1. The molecule has 20 heavy (non-hydrogen) atoms. The number of rotatable bonds is 4. The monoisotopic (exact) mass is 274 g/mol. The van der Waals surface area contributed by atoms with Crippen molar-refractivity contribution in [3.8, 4) is 11.3 Å². The fraction of sp³-hybridized carbons (Fsp3) is 0.333. The standard InChI is InChI=1S/C15H18N2O3/c1-10-4-6-12(7-5-10)13-8-14(20-16-13)15(19)17(3)11(2)9-18/h4-8,11,18H,9H2,1-3H3. The molecule has 1 aromatic carbocycles. The molecule has 0 bridgehead atoms. The van der Waals surface area contributed by atoms with Gasteiger partial charge in [0.25, 0.3) is 5.91 Å². The second-order valence-corrected chi connectivity index (χ2v) is 4.89. The molecule has 0 saturated heterocycles. The highest BCUT2D eigenvalue weighted by molar-refractivity contribution is 5.92. The molecule has 0 aliphatic rings. The number of likely N-dealkylation sites (N-methyl/N-ethyl adjacent to an activating group) is 1. The van der Waals surface area contributed by atoms with Gasteiger partial charge in [-0.05, 0) is 13.8 Å². The quantitative estimate of drug-likeness (QED) is 0.927. The van der Waals surface area contributed by atoms with E-state index < -0.39 is 0 Å². The number of hydrogen-bond donors (Lipinski definition) is 1. The van der Waals surface area contributed by atoms with Crippen LogP contribution in [0.5, 0.6) is 0 Å². The first-order valence-corrected chi connectivity index (χ1v) is 6.44. The van der Waals surface area contributed by atoms with Crippen LogP contribution in [0.4, 0.5) is 0 Å². The Balaban J connectivity index is 2.20. The molecule has 2 rings (SSSR count). The van der Waals surface area contributed by atoms with Crippen molar-refractivity contribution in [1.29, 1.82) is 0 Å². The zero-order valence-electron chi connectivity index (χ0n) is 11.8. The van der Waals surface area contributed by atoms with Crippen LogP contribution < -0.4 is 0 Å². The minimum Gasteiger partial charge on any atom is -0.394 e. The summed E-state index contributed by atoms with van der Waals surface area (Å²) in [5.74, 6) is -0.124. The van der Waals surface area contributed by atoms with Crippen LogP contribution in [-0.2, 0) is 0 Å². The number of hydrogen-bond acceptors (Lipinski definition) is 4. The molecule has 0 spiro atoms. The molecule has 5 heteroatoms. The third-order valence-electron chi connectivity index (χ3n) is 3.31. The first-order chi connectivity index (χ1) is 9.52. The predicted octanol–water partition coefficient (Wildman–Crippen LogP) is 2.10. The van der Waals surface area contributed by atoms with E-state index in [1.54, 1.807) is 20.0 Å². The number of aryl methyl sites for hydroxylation is 1. The van der Waals surface area contributed by atoms with Crippen molar-refractivity contribution in [2.24, 2.45) is 0 Å². The van der Waals surface area contributed by atoms with Gasteiger partial charge in [-0.1, -0.05) is 35.0 Å². The van der Waals surface area contributed by atoms with Crippen LogP contribution in [0.25, 0.3) is 11.3 Å². The zero-order valence-corrected chi connectivity index (χ0v) is 11.8. The fourth-order valence-corrected chi connectivity index (χ4v) is 1.73. The fourth-order valence-electron chi connectivity index (χ4n) is 1.73. The summed E-state index contributed by atoms with van der Waals surface area (Å²) in [4.78, 5) is 13.6. The van der Waals surface area contributed by atoms with E-state index >= 15 is 0 Å². The first kappa shape index (κ1) is 14.3. The Hall–Kier alpha value is -2.14. The summed E-state index contributed by atoms with van der Waals surface area (Å²) >= 11 is 0. The number of benzene rings is 1. The first-order valence-electron chi connectivity index (χ1n) is 6.44. The van der Waals surface area contributed by atoms with E-state index in [1.165, 1.54) is 4.90 Å². The van der Waals surface area contributed by atoms with Crippen molar-refractivity contribution in [3.63, 3.8) is 0 Å². The van der Waals surface area contributed by atoms with Crippen molar-refractivity contribution in [1.82, 2.24) is 10.1 Å². The lowest BCUT2D eigenvalue weighted by molar-refractivity contribution is 0.0641. The maximum absolute atomic E-state index is 12.1. The van der Waals surface area contributed by atoms with Gasteiger partial charge in [-0.25, -0.2) is 0 Å². The summed E-state index contributed by atoms with van der Waals surface area (Å²) in [5.41, 5.74) is 2.68. The molecule has 1 N–H and O–H groups in total. The van der Waals surface area contributed by atoms with Gasteiger partial charge in [-0.2, -0.15) is 0 Å². The number of amides is 1. The molecule has 0 aliphatic carbocycles. The topological polar surface area (TPSA) is 66.6 Å². The molecule has 1 unspecified atom stereocenters. The molecule has 1 heterocycles. The zero-order chi connectivity index (χ0) is 14.7. The van der Waals surface area contributed by atoms with Crippen LogP contribution in [-0.4, -0.2) is 40.8 Å². The third kappa shape index (κ3) is 2.88. The largest absolute Gasteiger partial charge is 0.394 e. The van der Waals surface area contributed by atoms with E-state index in [-0.39, 0.29) is 24.3 Å². The van der Waals surface area contributed by atoms with Crippen LogP contribution in [0, 0.1) is 6.92 Å². The Labute approximate surface area is 117 Å². The molecule has 0 radical (unpaired) electrons. The van der Waals surface area contributed by atoms with Crippen molar-refractivity contribution in [3.05, 3.63) is 41.7 Å². The normalized spacial score (nSPS) is 12.2. The predicted molar refractivity (Wildman–Crippen MR) is 75.3 cm³/mol. The lowest BCUT2D eigenvalue weighted by Gasteiger charge is -2.21. The van der Waals surface area contributed by atoms with Crippen LogP contribution in [0.15, 0.2) is 34.9 Å². The smallest absolute Gasteiger partial charge is 0.292 e. The highest BCUT2D eigenvalue weighted by Crippen LogP contribution is 2.20. The molecule has 1 atom stereocenters. The second kappa shape index (κ2) is 5.88. The average Bonchev–Trinajstić information content (AvgIpc) is 2.95. The molecular weight excluding hydrogens is 256 g/mol. The summed E-state index contributed by atoms with van der Waals surface area (Å²) in [5, 5.41) is 13.0. The van der Waals surface area contributed by atoms with Gasteiger partial charge >= 0.3 is 0 Å². The minimum atomic E-state index is -0.294. The summed E-state index contributed by atoms with van der Waals surface area (Å²) in [7, 11) is 1.62. The van der Waals surface area contributed by atoms with Gasteiger partial charge in [0.05, 0.1) is 12.6 Å². The third-order valence-corrected chi connectivity index (χ3v) is 3.31. The molecule has 106 valence electrons. The van der Waals surface area contributed by atoms with Crippen molar-refractivity contribution in [2.75, 3.05) is 13.7 Å². The second-order valence-electron chi connectivity index (χ2n) is 4.89. The molecular formula is C15H18N2O3. The number of aliphatic hydroxyl groups excluding tert-OH is 1. The highest BCUT2D eigenvalue weighted by Gasteiger charge is 2.21. The van der Waals surface area contributed by atoms with Crippen molar-refractivity contribution in [2.45, 2.75) is 19.9 Å². The van der Waals surface area contributed by atoms with Crippen LogP contribution in [0.1, 0.15) is 23.0 Å². The van der Waals surface area contributed by atoms with Gasteiger partial charge in [0.2, 0.25) is 5.76 Å². The average molecular weight is 274 g/mol. The Kier molecular flexibility index (Phi) is 4.20. The van der Waals surface area contributed by atoms with Crippen molar-refractivity contribution < 1.29 is 14.4 Å². The van der Waals surface area contributed by atoms with Gasteiger partial charge in [0.1, 0.15) is 5.69 Å². The number of aliphatic hydroxyl groups is 1. The Morgan fingerprint density at radius 2 is 2.05 bits per heavy atom. The lowest BCUT2D eigenvalue weighted by Crippen LogP contribution is -2.37. The molecule has 0 saturated carbocycles. The van der Waals surface area contributed by atoms with E-state index in [4.69, 9.17) is 9.63 Å². The Morgan fingerprint density at radius 3 is 2.65 bits per heavy atom. The van der Waals surface area contributed by atoms with E-state index in [9.17, 15) is 4.79 Å². The number of nitrogens with zero attached hydrogens (tertiary/aromatic N) is 2. The Bertz CT molecular complexity index is 589. The van der Waals surface area contributed by atoms with E-state index in [0.717, 1.165) is 11.1 Å². The van der Waals surface area contributed by atoms with E-state index in [0.29, 0.717) is 5.69 Å². The highest BCUT2D eigenvalue weighted by atomic mass is 16.5. The molecule has 5 nitrogen and oxygen atoms in total. The summed E-state index contributed by atoms with van der Waals surface area (Å²) in [6.07, 6.45) is 0. The maximum atomic E-state index is 12.1.